The lowest BCUT2D eigenvalue weighted by Gasteiger charge is -2.30. The first kappa shape index (κ1) is 17.5. The van der Waals surface area contributed by atoms with Gasteiger partial charge in [0.1, 0.15) is 0 Å². The number of benzene rings is 2. The predicted molar refractivity (Wildman–Crippen MR) is 99.2 cm³/mol. The average molecular weight is 358 g/mol. The molecular formula is C19H22N2O3S. The molecule has 0 radical (unpaired) electrons. The number of rotatable bonds is 4. The van der Waals surface area contributed by atoms with E-state index in [-0.39, 0.29) is 16.7 Å². The quantitative estimate of drug-likeness (QED) is 0.911. The minimum Gasteiger partial charge on any atom is -0.326 e. The van der Waals surface area contributed by atoms with Gasteiger partial charge in [-0.2, -0.15) is 0 Å². The summed E-state index contributed by atoms with van der Waals surface area (Å²) >= 11 is 0. The van der Waals surface area contributed by atoms with E-state index in [1.54, 1.807) is 24.3 Å². The highest BCUT2D eigenvalue weighted by Gasteiger charge is 2.28. The molecule has 0 saturated heterocycles. The molecule has 0 fully saturated rings. The van der Waals surface area contributed by atoms with Gasteiger partial charge >= 0.3 is 0 Å². The van der Waals surface area contributed by atoms with Crippen LogP contribution in [0.25, 0.3) is 0 Å². The maximum absolute atomic E-state index is 13.0. The SMILES string of the molecule is CC(C)C(=O)Nc1ccc(S(=O)(=O)N2CCCc3ccccc32)cc1. The second-order valence-electron chi connectivity index (χ2n) is 6.48. The Bertz CT molecular complexity index is 874. The Balaban J connectivity index is 1.88. The zero-order valence-electron chi connectivity index (χ0n) is 14.4. The van der Waals surface area contributed by atoms with Crippen molar-refractivity contribution in [2.24, 2.45) is 5.92 Å². The first-order chi connectivity index (χ1) is 11.9. The lowest BCUT2D eigenvalue weighted by Crippen LogP contribution is -2.35. The fraction of sp³-hybridized carbons (Fsp3) is 0.316. The van der Waals surface area contributed by atoms with Crippen LogP contribution in [0.5, 0.6) is 0 Å². The normalized spacial score (nSPS) is 14.3. The molecule has 0 saturated carbocycles. The average Bonchev–Trinajstić information content (AvgIpc) is 2.61. The van der Waals surface area contributed by atoms with Crippen molar-refractivity contribution in [1.29, 1.82) is 0 Å². The Hall–Kier alpha value is -2.34. The number of fused-ring (bicyclic) bond motifs is 1. The summed E-state index contributed by atoms with van der Waals surface area (Å²) in [6, 6.07) is 14.0. The molecule has 2 aromatic carbocycles. The van der Waals surface area contributed by atoms with Gasteiger partial charge in [-0.3, -0.25) is 9.10 Å². The molecule has 2 aromatic rings. The highest BCUT2D eigenvalue weighted by molar-refractivity contribution is 7.92. The number of nitrogens with zero attached hydrogens (tertiary/aromatic N) is 1. The minimum absolute atomic E-state index is 0.0967. The second-order valence-corrected chi connectivity index (χ2v) is 8.34. The number of carbonyl (C=O) groups excluding carboxylic acids is 1. The van der Waals surface area contributed by atoms with E-state index in [2.05, 4.69) is 5.32 Å². The molecule has 0 atom stereocenters. The molecule has 0 aromatic heterocycles. The third kappa shape index (κ3) is 3.54. The summed E-state index contributed by atoms with van der Waals surface area (Å²) in [6.45, 7) is 4.09. The molecule has 0 unspecified atom stereocenters. The third-order valence-electron chi connectivity index (χ3n) is 4.30. The molecule has 132 valence electrons. The smallest absolute Gasteiger partial charge is 0.264 e. The number of carbonyl (C=O) groups is 1. The Morgan fingerprint density at radius 3 is 2.44 bits per heavy atom. The van der Waals surface area contributed by atoms with Gasteiger partial charge in [0, 0.05) is 18.2 Å². The first-order valence-electron chi connectivity index (χ1n) is 8.41. The number of amides is 1. The molecule has 0 aliphatic carbocycles. The van der Waals surface area contributed by atoms with Crippen LogP contribution < -0.4 is 9.62 Å². The number of sulfonamides is 1. The van der Waals surface area contributed by atoms with E-state index in [4.69, 9.17) is 0 Å². The van der Waals surface area contributed by atoms with Crippen LogP contribution in [0.2, 0.25) is 0 Å². The molecule has 3 rings (SSSR count). The van der Waals surface area contributed by atoms with Crippen LogP contribution in [-0.4, -0.2) is 20.9 Å². The Labute approximate surface area is 148 Å². The van der Waals surface area contributed by atoms with E-state index >= 15 is 0 Å². The summed E-state index contributed by atoms with van der Waals surface area (Å²) in [5.41, 5.74) is 2.40. The maximum atomic E-state index is 13.0. The fourth-order valence-corrected chi connectivity index (χ4v) is 4.41. The first-order valence-corrected chi connectivity index (χ1v) is 9.85. The molecule has 1 heterocycles. The van der Waals surface area contributed by atoms with E-state index in [0.29, 0.717) is 12.2 Å². The van der Waals surface area contributed by atoms with Gasteiger partial charge in [0.15, 0.2) is 0 Å². The van der Waals surface area contributed by atoms with Crippen molar-refractivity contribution in [3.8, 4) is 0 Å². The molecule has 1 amide bonds. The van der Waals surface area contributed by atoms with Gasteiger partial charge in [-0.25, -0.2) is 8.42 Å². The monoisotopic (exact) mass is 358 g/mol. The van der Waals surface area contributed by atoms with Gasteiger partial charge in [-0.1, -0.05) is 32.0 Å². The lowest BCUT2D eigenvalue weighted by atomic mass is 10.0. The van der Waals surface area contributed by atoms with Crippen molar-refractivity contribution in [3.05, 3.63) is 54.1 Å². The topological polar surface area (TPSA) is 66.5 Å². The van der Waals surface area contributed by atoms with Gasteiger partial charge in [0.05, 0.1) is 10.6 Å². The van der Waals surface area contributed by atoms with Gasteiger partial charge in [0.2, 0.25) is 5.91 Å². The van der Waals surface area contributed by atoms with Crippen molar-refractivity contribution in [2.45, 2.75) is 31.6 Å². The molecule has 0 bridgehead atoms. The van der Waals surface area contributed by atoms with Crippen molar-refractivity contribution in [2.75, 3.05) is 16.2 Å². The molecule has 1 aliphatic heterocycles. The van der Waals surface area contributed by atoms with Gasteiger partial charge in [-0.15, -0.1) is 0 Å². The second kappa shape index (κ2) is 6.88. The molecule has 25 heavy (non-hydrogen) atoms. The summed E-state index contributed by atoms with van der Waals surface area (Å²) in [5, 5.41) is 2.77. The molecule has 0 spiro atoms. The number of hydrogen-bond acceptors (Lipinski definition) is 3. The van der Waals surface area contributed by atoms with Crippen LogP contribution in [0, 0.1) is 5.92 Å². The summed E-state index contributed by atoms with van der Waals surface area (Å²) in [6.07, 6.45) is 1.70. The molecule has 1 aliphatic rings. The predicted octanol–water partition coefficient (Wildman–Crippen LogP) is 3.42. The number of hydrogen-bond donors (Lipinski definition) is 1. The third-order valence-corrected chi connectivity index (χ3v) is 6.13. The Morgan fingerprint density at radius 2 is 1.76 bits per heavy atom. The van der Waals surface area contributed by atoms with Gasteiger partial charge in [0.25, 0.3) is 10.0 Å². The minimum atomic E-state index is -3.62. The summed E-state index contributed by atoms with van der Waals surface area (Å²) < 4.78 is 27.5. The van der Waals surface area contributed by atoms with Crippen LogP contribution in [0.4, 0.5) is 11.4 Å². The van der Waals surface area contributed by atoms with Crippen LogP contribution in [0.3, 0.4) is 0 Å². The van der Waals surface area contributed by atoms with Gasteiger partial charge in [-0.05, 0) is 48.7 Å². The van der Waals surface area contributed by atoms with E-state index in [1.807, 2.05) is 38.1 Å². The van der Waals surface area contributed by atoms with E-state index < -0.39 is 10.0 Å². The van der Waals surface area contributed by atoms with Gasteiger partial charge < -0.3 is 5.32 Å². The molecule has 5 nitrogen and oxygen atoms in total. The molecule has 6 heteroatoms. The Kier molecular flexibility index (Phi) is 4.81. The van der Waals surface area contributed by atoms with Crippen LogP contribution in [0.15, 0.2) is 53.4 Å². The Morgan fingerprint density at radius 1 is 1.08 bits per heavy atom. The van der Waals surface area contributed by atoms with Crippen LogP contribution in [-0.2, 0) is 21.2 Å². The molecular weight excluding hydrogens is 336 g/mol. The van der Waals surface area contributed by atoms with E-state index in [0.717, 1.165) is 24.1 Å². The van der Waals surface area contributed by atoms with Crippen molar-refractivity contribution >= 4 is 27.3 Å². The fourth-order valence-electron chi connectivity index (χ4n) is 2.87. The number of aryl methyl sites for hydroxylation is 1. The lowest BCUT2D eigenvalue weighted by molar-refractivity contribution is -0.118. The van der Waals surface area contributed by atoms with Crippen molar-refractivity contribution in [3.63, 3.8) is 0 Å². The zero-order valence-corrected chi connectivity index (χ0v) is 15.2. The maximum Gasteiger partial charge on any atom is 0.264 e. The highest BCUT2D eigenvalue weighted by Crippen LogP contribution is 2.32. The summed E-state index contributed by atoms with van der Waals surface area (Å²) in [5.74, 6) is -0.228. The van der Waals surface area contributed by atoms with E-state index in [9.17, 15) is 13.2 Å². The van der Waals surface area contributed by atoms with E-state index in [1.165, 1.54) is 4.31 Å². The summed E-state index contributed by atoms with van der Waals surface area (Å²) in [4.78, 5) is 12.0. The van der Waals surface area contributed by atoms with Crippen molar-refractivity contribution < 1.29 is 13.2 Å². The largest absolute Gasteiger partial charge is 0.326 e. The van der Waals surface area contributed by atoms with Crippen LogP contribution in [0.1, 0.15) is 25.8 Å². The number of para-hydroxylation sites is 1. The summed E-state index contributed by atoms with van der Waals surface area (Å²) in [7, 11) is -3.62. The number of nitrogens with one attached hydrogen (secondary N) is 1. The number of anilines is 2. The van der Waals surface area contributed by atoms with Crippen LogP contribution >= 0.6 is 0 Å². The van der Waals surface area contributed by atoms with Crippen molar-refractivity contribution in [1.82, 2.24) is 0 Å². The standard InChI is InChI=1S/C19H22N2O3S/c1-14(2)19(22)20-16-9-11-17(12-10-16)25(23,24)21-13-5-7-15-6-3-4-8-18(15)21/h3-4,6,8-12,14H,5,7,13H2,1-2H3,(H,20,22). The zero-order chi connectivity index (χ0) is 18.0. The molecule has 1 N–H and O–H groups in total. The highest BCUT2D eigenvalue weighted by atomic mass is 32.2.